The highest BCUT2D eigenvalue weighted by atomic mass is 32.2. The molecule has 0 unspecified atom stereocenters. The Balaban J connectivity index is 2.58. The average molecular weight is 293 g/mol. The quantitative estimate of drug-likeness (QED) is 0.607. The van der Waals surface area contributed by atoms with Crippen molar-refractivity contribution in [1.82, 2.24) is 14.1 Å². The highest BCUT2D eigenvalue weighted by Crippen LogP contribution is 2.03. The number of hydrogen-bond acceptors (Lipinski definition) is 5. The summed E-state index contributed by atoms with van der Waals surface area (Å²) in [5.41, 5.74) is 0. The molecule has 1 rings (SSSR count). The van der Waals surface area contributed by atoms with Crippen LogP contribution in [-0.4, -0.2) is 94.7 Å². The smallest absolute Gasteiger partial charge is 0.238 e. The Hall–Kier alpha value is -0.700. The second kappa shape index (κ2) is 7.18. The first-order chi connectivity index (χ1) is 8.80. The number of rotatable bonds is 6. The second-order valence-electron chi connectivity index (χ2n) is 4.89. The van der Waals surface area contributed by atoms with E-state index < -0.39 is 10.0 Å². The predicted octanol–water partition coefficient (Wildman–Crippen LogP) is -1.33. The Labute approximate surface area is 115 Å². The average Bonchev–Trinajstić information content (AvgIpc) is 2.33. The normalized spacial score (nSPS) is 17.2. The van der Waals surface area contributed by atoms with Crippen LogP contribution in [0.3, 0.4) is 0 Å². The van der Waals surface area contributed by atoms with Crippen LogP contribution in [0.25, 0.3) is 0 Å². The van der Waals surface area contributed by atoms with Crippen LogP contribution in [0.1, 0.15) is 0 Å². The molecule has 1 saturated heterocycles. The summed E-state index contributed by atoms with van der Waals surface area (Å²) < 4.78 is 29.7. The van der Waals surface area contributed by atoms with Gasteiger partial charge in [-0.3, -0.25) is 4.79 Å². The van der Waals surface area contributed by atoms with Gasteiger partial charge in [-0.1, -0.05) is 0 Å². The van der Waals surface area contributed by atoms with Gasteiger partial charge in [0.2, 0.25) is 15.9 Å². The molecule has 0 aliphatic carbocycles. The van der Waals surface area contributed by atoms with Crippen molar-refractivity contribution in [2.75, 3.05) is 66.3 Å². The maximum absolute atomic E-state index is 12.1. The SMILES string of the molecule is CN(C)CCN(CC(=O)N1CCOCC1)S(C)(=O)=O. The standard InChI is InChI=1S/C11H23N3O4S/c1-12(2)4-5-14(19(3,16)17)10-11(15)13-6-8-18-9-7-13/h4-10H2,1-3H3. The van der Waals surface area contributed by atoms with E-state index in [1.807, 2.05) is 19.0 Å². The molecule has 19 heavy (non-hydrogen) atoms. The van der Waals surface area contributed by atoms with Gasteiger partial charge in [0.05, 0.1) is 26.0 Å². The lowest BCUT2D eigenvalue weighted by Gasteiger charge is -2.29. The monoisotopic (exact) mass is 293 g/mol. The van der Waals surface area contributed by atoms with Crippen molar-refractivity contribution >= 4 is 15.9 Å². The fourth-order valence-electron chi connectivity index (χ4n) is 1.74. The summed E-state index contributed by atoms with van der Waals surface area (Å²) in [4.78, 5) is 15.6. The summed E-state index contributed by atoms with van der Waals surface area (Å²) in [5, 5.41) is 0. The summed E-state index contributed by atoms with van der Waals surface area (Å²) in [6.45, 7) is 2.91. The zero-order chi connectivity index (χ0) is 14.5. The van der Waals surface area contributed by atoms with Gasteiger partial charge in [0.15, 0.2) is 0 Å². The van der Waals surface area contributed by atoms with Gasteiger partial charge in [0.1, 0.15) is 0 Å². The molecule has 0 aromatic heterocycles. The number of amides is 1. The van der Waals surface area contributed by atoms with Gasteiger partial charge in [-0.05, 0) is 14.1 Å². The van der Waals surface area contributed by atoms with Crippen molar-refractivity contribution in [3.05, 3.63) is 0 Å². The first-order valence-corrected chi connectivity index (χ1v) is 8.11. The summed E-state index contributed by atoms with van der Waals surface area (Å²) in [6.07, 6.45) is 1.13. The Bertz CT molecular complexity index is 391. The summed E-state index contributed by atoms with van der Waals surface area (Å²) in [5.74, 6) is -0.160. The van der Waals surface area contributed by atoms with Crippen LogP contribution in [0.15, 0.2) is 0 Å². The molecule has 1 aliphatic rings. The van der Waals surface area contributed by atoms with Crippen molar-refractivity contribution in [3.63, 3.8) is 0 Å². The maximum atomic E-state index is 12.1. The molecule has 1 amide bonds. The lowest BCUT2D eigenvalue weighted by molar-refractivity contribution is -0.135. The summed E-state index contributed by atoms with van der Waals surface area (Å²) >= 11 is 0. The molecule has 112 valence electrons. The van der Waals surface area contributed by atoms with Gasteiger partial charge in [-0.2, -0.15) is 4.31 Å². The fourth-order valence-corrected chi connectivity index (χ4v) is 2.50. The van der Waals surface area contributed by atoms with Crippen LogP contribution in [0, 0.1) is 0 Å². The Kier molecular flexibility index (Phi) is 6.18. The highest BCUT2D eigenvalue weighted by molar-refractivity contribution is 7.88. The Morgan fingerprint density at radius 2 is 1.79 bits per heavy atom. The van der Waals surface area contributed by atoms with Crippen LogP contribution in [0.4, 0.5) is 0 Å². The lowest BCUT2D eigenvalue weighted by Crippen LogP contribution is -2.48. The van der Waals surface area contributed by atoms with Crippen LogP contribution < -0.4 is 0 Å². The van der Waals surface area contributed by atoms with Crippen LogP contribution in [-0.2, 0) is 19.6 Å². The number of sulfonamides is 1. The van der Waals surface area contributed by atoms with E-state index in [9.17, 15) is 13.2 Å². The van der Waals surface area contributed by atoms with Gasteiger partial charge >= 0.3 is 0 Å². The van der Waals surface area contributed by atoms with Gasteiger partial charge in [0, 0.05) is 26.2 Å². The number of likely N-dealkylation sites (N-methyl/N-ethyl adjacent to an activating group) is 1. The molecule has 0 bridgehead atoms. The van der Waals surface area contributed by atoms with E-state index in [2.05, 4.69) is 0 Å². The molecule has 0 aromatic rings. The van der Waals surface area contributed by atoms with Crippen LogP contribution >= 0.6 is 0 Å². The van der Waals surface area contributed by atoms with Crippen molar-refractivity contribution in [2.45, 2.75) is 0 Å². The zero-order valence-corrected chi connectivity index (χ0v) is 12.6. The van der Waals surface area contributed by atoms with Gasteiger partial charge in [0.25, 0.3) is 0 Å². The number of morpholine rings is 1. The third-order valence-corrected chi connectivity index (χ3v) is 4.19. The third-order valence-electron chi connectivity index (χ3n) is 2.94. The van der Waals surface area contributed by atoms with E-state index in [0.717, 1.165) is 6.26 Å². The topological polar surface area (TPSA) is 70.2 Å². The molecule has 1 fully saturated rings. The number of hydrogen-bond donors (Lipinski definition) is 0. The maximum Gasteiger partial charge on any atom is 0.238 e. The molecule has 8 heteroatoms. The number of ether oxygens (including phenoxy) is 1. The van der Waals surface area contributed by atoms with E-state index >= 15 is 0 Å². The molecular formula is C11H23N3O4S. The summed E-state index contributed by atoms with van der Waals surface area (Å²) in [7, 11) is 0.364. The van der Waals surface area contributed by atoms with Crippen molar-refractivity contribution in [3.8, 4) is 0 Å². The van der Waals surface area contributed by atoms with Gasteiger partial charge in [-0.15, -0.1) is 0 Å². The van der Waals surface area contributed by atoms with Crippen molar-refractivity contribution in [1.29, 1.82) is 0 Å². The van der Waals surface area contributed by atoms with E-state index in [1.165, 1.54) is 4.31 Å². The number of carbonyl (C=O) groups excluding carboxylic acids is 1. The van der Waals surface area contributed by atoms with E-state index in [4.69, 9.17) is 4.74 Å². The van der Waals surface area contributed by atoms with Gasteiger partial charge < -0.3 is 14.5 Å². The minimum absolute atomic E-state index is 0.0906. The molecule has 0 spiro atoms. The van der Waals surface area contributed by atoms with Gasteiger partial charge in [-0.25, -0.2) is 8.42 Å². The molecule has 0 atom stereocenters. The van der Waals surface area contributed by atoms with E-state index in [1.54, 1.807) is 4.90 Å². The molecule has 0 N–H and O–H groups in total. The second-order valence-corrected chi connectivity index (χ2v) is 6.88. The lowest BCUT2D eigenvalue weighted by atomic mass is 10.4. The largest absolute Gasteiger partial charge is 0.378 e. The fraction of sp³-hybridized carbons (Fsp3) is 0.909. The minimum atomic E-state index is -3.37. The number of nitrogens with zero attached hydrogens (tertiary/aromatic N) is 3. The van der Waals surface area contributed by atoms with Crippen LogP contribution in [0.2, 0.25) is 0 Å². The Morgan fingerprint density at radius 3 is 2.26 bits per heavy atom. The molecule has 7 nitrogen and oxygen atoms in total. The molecule has 0 saturated carbocycles. The molecule has 1 heterocycles. The zero-order valence-electron chi connectivity index (χ0n) is 11.8. The number of carbonyl (C=O) groups is 1. The first kappa shape index (κ1) is 16.4. The third kappa shape index (κ3) is 5.85. The van der Waals surface area contributed by atoms with Crippen molar-refractivity contribution < 1.29 is 17.9 Å². The molecule has 0 aromatic carbocycles. The summed E-state index contributed by atoms with van der Waals surface area (Å²) in [6, 6.07) is 0. The van der Waals surface area contributed by atoms with Crippen LogP contribution in [0.5, 0.6) is 0 Å². The Morgan fingerprint density at radius 1 is 1.21 bits per heavy atom. The van der Waals surface area contributed by atoms with Crippen molar-refractivity contribution in [2.24, 2.45) is 0 Å². The minimum Gasteiger partial charge on any atom is -0.378 e. The molecular weight excluding hydrogens is 270 g/mol. The first-order valence-electron chi connectivity index (χ1n) is 6.26. The van der Waals surface area contributed by atoms with E-state index in [0.29, 0.717) is 39.4 Å². The molecule has 1 aliphatic heterocycles. The highest BCUT2D eigenvalue weighted by Gasteiger charge is 2.24. The molecule has 0 radical (unpaired) electrons. The van der Waals surface area contributed by atoms with E-state index in [-0.39, 0.29) is 12.5 Å². The predicted molar refractivity (Wildman–Crippen MR) is 72.4 cm³/mol.